The molecule has 0 saturated carbocycles. The Morgan fingerprint density at radius 3 is 2.36 bits per heavy atom. The van der Waals surface area contributed by atoms with Gasteiger partial charge in [0.2, 0.25) is 0 Å². The molecule has 3 aromatic rings. The highest BCUT2D eigenvalue weighted by Crippen LogP contribution is 2.50. The first-order valence-corrected chi connectivity index (χ1v) is 16.4. The lowest BCUT2D eigenvalue weighted by molar-refractivity contribution is -0.159. The summed E-state index contributed by atoms with van der Waals surface area (Å²) in [5, 5.41) is 14.8. The molecule has 2 aliphatic rings. The van der Waals surface area contributed by atoms with E-state index < -0.39 is 41.5 Å². The topological polar surface area (TPSA) is 104 Å². The number of nitrogens with zero attached hydrogens (tertiary/aromatic N) is 3. The quantitative estimate of drug-likeness (QED) is 0.320. The molecule has 2 aromatic carbocycles. The zero-order valence-electron chi connectivity index (χ0n) is 29.2. The summed E-state index contributed by atoms with van der Waals surface area (Å²) in [5.74, 6) is -0.387. The second-order valence-corrected chi connectivity index (χ2v) is 15.1. The lowest BCUT2D eigenvalue weighted by Crippen LogP contribution is -2.51. The van der Waals surface area contributed by atoms with Crippen molar-refractivity contribution >= 4 is 17.7 Å². The molecular weight excluding hydrogens is 592 g/mol. The van der Waals surface area contributed by atoms with Crippen LogP contribution in [0.25, 0.3) is 0 Å². The van der Waals surface area contributed by atoms with Crippen molar-refractivity contribution in [2.24, 2.45) is 11.3 Å². The Labute approximate surface area is 279 Å². The van der Waals surface area contributed by atoms with E-state index in [1.807, 2.05) is 61.5 Å². The van der Waals surface area contributed by atoms with Crippen LogP contribution in [0.2, 0.25) is 0 Å². The fourth-order valence-electron chi connectivity index (χ4n) is 7.35. The maximum Gasteiger partial charge on any atom is 0.326 e. The number of fused-ring (bicyclic) bond motifs is 1. The summed E-state index contributed by atoms with van der Waals surface area (Å²) < 4.78 is 12.0. The number of carbonyl (C=O) groups is 2. The van der Waals surface area contributed by atoms with Crippen LogP contribution in [0, 0.1) is 11.3 Å². The first kappa shape index (κ1) is 34.4. The number of anilines is 1. The lowest BCUT2D eigenvalue weighted by Gasteiger charge is -2.36. The normalized spacial score (nSPS) is 22.9. The molecule has 0 radical (unpaired) electrons. The van der Waals surface area contributed by atoms with E-state index in [-0.39, 0.29) is 11.3 Å². The SMILES string of the molecule is COc1ccc(C(C)(C)C)cc1CN[C@H]1[C@H](C(C)(C)C)[C@@H](C(=O)O)N(C(=O)[C@H]2Cc3ccccc3CO2)[C@H]1c1cccnc1N(C)C. The van der Waals surface area contributed by atoms with E-state index in [4.69, 9.17) is 14.5 Å². The monoisotopic (exact) mass is 642 g/mol. The molecule has 9 nitrogen and oxygen atoms in total. The van der Waals surface area contributed by atoms with Crippen molar-refractivity contribution in [2.75, 3.05) is 26.1 Å². The van der Waals surface area contributed by atoms with Crippen LogP contribution in [-0.2, 0) is 39.3 Å². The predicted molar refractivity (Wildman–Crippen MR) is 184 cm³/mol. The molecule has 3 heterocycles. The molecule has 5 rings (SSSR count). The number of carboxylic acids is 1. The van der Waals surface area contributed by atoms with Gasteiger partial charge in [0.15, 0.2) is 0 Å². The summed E-state index contributed by atoms with van der Waals surface area (Å²) in [6, 6.07) is 15.8. The minimum absolute atomic E-state index is 0.0720. The van der Waals surface area contributed by atoms with E-state index in [1.165, 1.54) is 5.56 Å². The predicted octanol–water partition coefficient (Wildman–Crippen LogP) is 5.75. The maximum absolute atomic E-state index is 14.8. The van der Waals surface area contributed by atoms with Gasteiger partial charge in [-0.1, -0.05) is 84.0 Å². The maximum atomic E-state index is 14.8. The van der Waals surface area contributed by atoms with Gasteiger partial charge in [-0.25, -0.2) is 9.78 Å². The number of hydrogen-bond donors (Lipinski definition) is 2. The number of ether oxygens (including phenoxy) is 2. The first-order chi connectivity index (χ1) is 22.1. The number of amides is 1. The number of pyridine rings is 1. The highest BCUT2D eigenvalue weighted by molar-refractivity contribution is 5.89. The van der Waals surface area contributed by atoms with Gasteiger partial charge in [-0.05, 0) is 39.7 Å². The van der Waals surface area contributed by atoms with E-state index >= 15 is 0 Å². The molecule has 47 heavy (non-hydrogen) atoms. The van der Waals surface area contributed by atoms with Crippen LogP contribution >= 0.6 is 0 Å². The summed E-state index contributed by atoms with van der Waals surface area (Å²) in [6.07, 6.45) is 1.30. The third-order valence-corrected chi connectivity index (χ3v) is 9.65. The molecule has 5 atom stereocenters. The van der Waals surface area contributed by atoms with E-state index in [9.17, 15) is 14.7 Å². The molecule has 9 heteroatoms. The molecule has 0 unspecified atom stereocenters. The second kappa shape index (κ2) is 13.3. The average molecular weight is 643 g/mol. The van der Waals surface area contributed by atoms with Gasteiger partial charge < -0.3 is 29.7 Å². The Hall–Kier alpha value is -3.95. The van der Waals surface area contributed by atoms with Crippen molar-refractivity contribution in [3.05, 3.63) is 88.6 Å². The Kier molecular flexibility index (Phi) is 9.71. The van der Waals surface area contributed by atoms with E-state index in [0.717, 1.165) is 28.0 Å². The van der Waals surface area contributed by atoms with Gasteiger partial charge in [-0.2, -0.15) is 0 Å². The van der Waals surface area contributed by atoms with Gasteiger partial charge in [0.05, 0.1) is 19.8 Å². The molecule has 0 bridgehead atoms. The Balaban J connectivity index is 1.65. The van der Waals surface area contributed by atoms with Crippen LogP contribution in [0.3, 0.4) is 0 Å². The Morgan fingerprint density at radius 2 is 1.74 bits per heavy atom. The largest absolute Gasteiger partial charge is 0.496 e. The van der Waals surface area contributed by atoms with Gasteiger partial charge >= 0.3 is 5.97 Å². The van der Waals surface area contributed by atoms with E-state index in [1.54, 1.807) is 18.2 Å². The van der Waals surface area contributed by atoms with Crippen molar-refractivity contribution in [2.45, 2.75) is 90.8 Å². The van der Waals surface area contributed by atoms with Crippen molar-refractivity contribution < 1.29 is 24.2 Å². The molecule has 1 amide bonds. The van der Waals surface area contributed by atoms with E-state index in [2.05, 4.69) is 59.0 Å². The summed E-state index contributed by atoms with van der Waals surface area (Å²) >= 11 is 0. The Bertz CT molecular complexity index is 1610. The minimum atomic E-state index is -1.11. The second-order valence-electron chi connectivity index (χ2n) is 15.1. The number of hydrogen-bond acceptors (Lipinski definition) is 7. The van der Waals surface area contributed by atoms with Crippen LogP contribution in [0.15, 0.2) is 60.8 Å². The fourth-order valence-corrected chi connectivity index (χ4v) is 7.35. The van der Waals surface area contributed by atoms with Crippen LogP contribution in [0.5, 0.6) is 5.75 Å². The van der Waals surface area contributed by atoms with Gasteiger partial charge in [0, 0.05) is 56.3 Å². The summed E-state index contributed by atoms with van der Waals surface area (Å²) in [7, 11) is 5.48. The smallest absolute Gasteiger partial charge is 0.326 e. The summed E-state index contributed by atoms with van der Waals surface area (Å²) in [4.78, 5) is 36.4. The van der Waals surface area contributed by atoms with E-state index in [0.29, 0.717) is 25.4 Å². The van der Waals surface area contributed by atoms with Crippen molar-refractivity contribution in [1.29, 1.82) is 0 Å². The highest BCUT2D eigenvalue weighted by atomic mass is 16.5. The third-order valence-electron chi connectivity index (χ3n) is 9.65. The number of aromatic nitrogens is 1. The van der Waals surface area contributed by atoms with Gasteiger partial charge in [-0.15, -0.1) is 0 Å². The number of aliphatic carboxylic acids is 1. The van der Waals surface area contributed by atoms with Crippen molar-refractivity contribution in [1.82, 2.24) is 15.2 Å². The number of rotatable bonds is 8. The minimum Gasteiger partial charge on any atom is -0.496 e. The molecule has 2 N–H and O–H groups in total. The number of methoxy groups -OCH3 is 1. The number of carbonyl (C=O) groups excluding carboxylic acids is 1. The summed E-state index contributed by atoms with van der Waals surface area (Å²) in [5.41, 5.74) is 4.45. The highest BCUT2D eigenvalue weighted by Gasteiger charge is 2.59. The summed E-state index contributed by atoms with van der Waals surface area (Å²) in [6.45, 7) is 13.4. The average Bonchev–Trinajstić information content (AvgIpc) is 3.38. The molecular formula is C38H50N4O5. The lowest BCUT2D eigenvalue weighted by atomic mass is 9.72. The van der Waals surface area contributed by atoms with Crippen LogP contribution in [0.4, 0.5) is 5.82 Å². The zero-order chi connectivity index (χ0) is 34.3. The van der Waals surface area contributed by atoms with Gasteiger partial charge in [0.1, 0.15) is 23.7 Å². The number of benzene rings is 2. The first-order valence-electron chi connectivity index (χ1n) is 16.4. The van der Waals surface area contributed by atoms with Crippen LogP contribution in [0.1, 0.15) is 75.4 Å². The zero-order valence-corrected chi connectivity index (χ0v) is 29.2. The molecule has 2 aliphatic heterocycles. The molecule has 1 saturated heterocycles. The fraction of sp³-hybridized carbons (Fsp3) is 0.500. The van der Waals surface area contributed by atoms with Crippen LogP contribution < -0.4 is 15.0 Å². The molecule has 0 spiro atoms. The molecule has 1 fully saturated rings. The number of nitrogens with one attached hydrogen (secondary N) is 1. The molecule has 0 aliphatic carbocycles. The van der Waals surface area contributed by atoms with Crippen LogP contribution in [-0.4, -0.2) is 66.3 Å². The Morgan fingerprint density at radius 1 is 1.04 bits per heavy atom. The van der Waals surface area contributed by atoms with Crippen molar-refractivity contribution in [3.63, 3.8) is 0 Å². The van der Waals surface area contributed by atoms with Gasteiger partial charge in [0.25, 0.3) is 5.91 Å². The van der Waals surface area contributed by atoms with Crippen molar-refractivity contribution in [3.8, 4) is 5.75 Å². The molecule has 1 aromatic heterocycles. The number of likely N-dealkylation sites (tertiary alicyclic amines) is 1. The van der Waals surface area contributed by atoms with Gasteiger partial charge in [-0.3, -0.25) is 4.79 Å². The molecule has 252 valence electrons. The standard InChI is InChI=1S/C38H50N4O5/c1-37(2,3)26-16-17-28(46-9)25(19-26)21-40-31-30(38(4,5)6)33(36(44)45)42(32(31)27-15-12-18-39-34(27)41(7)8)35(43)29-20-23-13-10-11-14-24(23)22-47-29/h10-19,29-33,40H,20-22H2,1-9H3,(H,44,45)/t29-,30+,31+,32+,33+/m1/s1. The third kappa shape index (κ3) is 6.87. The number of carboxylic acid groups (broad SMARTS) is 1.